The number of ketones is 4. The molecule has 5 aliphatic heterocycles. The van der Waals surface area contributed by atoms with Crippen LogP contribution in [0.1, 0.15) is 191 Å². The lowest BCUT2D eigenvalue weighted by atomic mass is 9.72. The number of nitrogens with zero attached hydrogens (tertiary/aromatic N) is 8. The average molecular weight is 1640 g/mol. The quantitative estimate of drug-likeness (QED) is 0.0350. The van der Waals surface area contributed by atoms with Crippen molar-refractivity contribution in [2.24, 2.45) is 35.5 Å². The summed E-state index contributed by atoms with van der Waals surface area (Å²) in [7, 11) is 10.3. The van der Waals surface area contributed by atoms with Gasteiger partial charge in [0.05, 0.1) is 65.3 Å². The van der Waals surface area contributed by atoms with Gasteiger partial charge in [0, 0.05) is 99.0 Å². The summed E-state index contributed by atoms with van der Waals surface area (Å²) >= 11 is 0. The molecule has 4 saturated heterocycles. The van der Waals surface area contributed by atoms with E-state index in [4.69, 9.17) is 52.1 Å². The molecular weight excluding hydrogens is 1510 g/mol. The number of hydrogen-bond donors (Lipinski definition) is 1. The monoisotopic (exact) mass is 1640 g/mol. The molecule has 30 heteroatoms. The Morgan fingerprint density at radius 1 is 0.692 bits per heavy atom. The highest BCUT2D eigenvalue weighted by Gasteiger charge is 2.64. The summed E-state index contributed by atoms with van der Waals surface area (Å²) in [4.78, 5) is 145. The number of likely N-dealkylation sites (N-methyl/N-ethyl adjacent to an activating group) is 2. The van der Waals surface area contributed by atoms with Gasteiger partial charge in [0.1, 0.15) is 36.3 Å². The highest BCUT2D eigenvalue weighted by Crippen LogP contribution is 2.47. The summed E-state index contributed by atoms with van der Waals surface area (Å²) in [6.45, 7) is 29.2. The van der Waals surface area contributed by atoms with E-state index in [9.17, 15) is 48.3 Å². The van der Waals surface area contributed by atoms with Crippen LogP contribution in [0.2, 0.25) is 0 Å². The van der Waals surface area contributed by atoms with E-state index in [0.717, 1.165) is 28.4 Å². The van der Waals surface area contributed by atoms with Crippen molar-refractivity contribution in [2.75, 3.05) is 49.0 Å². The molecule has 0 aliphatic carbocycles. The number of esters is 3. The average Bonchev–Trinajstić information content (AvgIpc) is 1.60. The van der Waals surface area contributed by atoms with Crippen LogP contribution < -0.4 is 0 Å². The fourth-order valence-corrected chi connectivity index (χ4v) is 17.7. The summed E-state index contributed by atoms with van der Waals surface area (Å²) in [5.74, 6) is -11.0. The maximum atomic E-state index is 17.0. The number of alkyl halides is 1. The Balaban J connectivity index is 0.000000293. The van der Waals surface area contributed by atoms with Crippen LogP contribution in [0.25, 0.3) is 11.3 Å². The zero-order valence-corrected chi connectivity index (χ0v) is 72.6. The van der Waals surface area contributed by atoms with Gasteiger partial charge in [-0.3, -0.25) is 29.0 Å². The molecule has 3 aromatic heterocycles. The molecule has 1 aromatic carbocycles. The lowest BCUT2D eigenvalue weighted by Gasteiger charge is -2.47. The Kier molecular flexibility index (Phi) is 32.2. The fraction of sp³-hybridized carbons (Fsp3) is 0.678. The smallest absolute Gasteiger partial charge is 0.420 e. The number of imidazole rings is 2. The van der Waals surface area contributed by atoms with Gasteiger partial charge in [-0.1, -0.05) is 80.5 Å². The van der Waals surface area contributed by atoms with Gasteiger partial charge in [-0.25, -0.2) is 38.1 Å². The molecule has 2 unspecified atom stereocenters. The molecule has 648 valence electrons. The van der Waals surface area contributed by atoms with Crippen LogP contribution in [0.3, 0.4) is 0 Å². The van der Waals surface area contributed by atoms with Gasteiger partial charge >= 0.3 is 30.1 Å². The minimum absolute atomic E-state index is 0.00127. The van der Waals surface area contributed by atoms with Gasteiger partial charge < -0.3 is 76.5 Å². The van der Waals surface area contributed by atoms with Crippen molar-refractivity contribution < 1.29 is 105 Å². The van der Waals surface area contributed by atoms with E-state index in [2.05, 4.69) is 15.0 Å². The normalized spacial score (nSPS) is 35.7. The molecule has 0 radical (unpaired) electrons. The van der Waals surface area contributed by atoms with Crippen LogP contribution in [0.4, 0.5) is 14.0 Å². The maximum Gasteiger partial charge on any atom is 0.420 e. The molecule has 0 spiro atoms. The first-order valence-electron chi connectivity index (χ1n) is 41.2. The summed E-state index contributed by atoms with van der Waals surface area (Å²) in [6.07, 6.45) is 2.73. The maximum absolute atomic E-state index is 17.0. The van der Waals surface area contributed by atoms with Crippen LogP contribution in [0, 0.1) is 42.4 Å². The highest BCUT2D eigenvalue weighted by molar-refractivity contribution is 6.08. The van der Waals surface area contributed by atoms with Crippen molar-refractivity contribution in [3.63, 3.8) is 0 Å². The van der Waals surface area contributed by atoms with Gasteiger partial charge in [-0.2, -0.15) is 0 Å². The second-order valence-electron chi connectivity index (χ2n) is 33.7. The largest absolute Gasteiger partial charge is 0.457 e. The number of rotatable bonds is 21. The third-order valence-corrected chi connectivity index (χ3v) is 24.7. The number of unbranched alkanes of at least 4 members (excludes halogenated alkanes) is 1. The number of aliphatic hydroxyl groups excluding tert-OH is 1. The topological polar surface area (TPSA) is 334 Å². The molecule has 0 saturated carbocycles. The minimum Gasteiger partial charge on any atom is -0.457 e. The zero-order valence-electron chi connectivity index (χ0n) is 72.6. The van der Waals surface area contributed by atoms with E-state index in [-0.39, 0.29) is 86.5 Å². The number of aliphatic hydroxyl groups is 1. The Morgan fingerprint density at radius 3 is 1.86 bits per heavy atom. The number of aromatic nitrogens is 5. The van der Waals surface area contributed by atoms with Crippen molar-refractivity contribution in [3.8, 4) is 11.3 Å². The fourth-order valence-electron chi connectivity index (χ4n) is 17.7. The van der Waals surface area contributed by atoms with E-state index in [1.165, 1.54) is 46.8 Å². The first-order valence-corrected chi connectivity index (χ1v) is 41.2. The first kappa shape index (κ1) is 94.4. The number of benzene rings is 1. The highest BCUT2D eigenvalue weighted by atomic mass is 19.1. The SMILES string of the molecule is CC[C@H]1OC(=O)[C@@](C)(F)C(=O)[C@H](C)[C@@H](OC2O[C@H](C)C[C@H](N(C)C)[C@H]2O)[C@@](C)(OC)C[C@@H](C)C(=O)[C@H](C)[C@H]2N(CCCCn3cnc(-c4ccc(C)nc4)c3)C(=O)O[C@]12CC.CC[C@H]1OC(=O)[C@H](C)C(=O)[C@H](C)[C@@H](OC2O[C@H](C)C[C@H](N(C)C)[C@H]2OC(=O)c2ccccc2)[C@@](C)(OC)C[C@@H](C)C(=O)/C(C)=C/[C@]1(CC)OC(=O)n1ccnc1. The molecule has 1 amide bonds. The number of carbonyl (C=O) groups is 9. The number of pyridine rings is 1. The molecule has 117 heavy (non-hydrogen) atoms. The van der Waals surface area contributed by atoms with Crippen molar-refractivity contribution in [1.82, 2.24) is 38.8 Å². The first-order chi connectivity index (χ1) is 55.1. The zero-order chi connectivity index (χ0) is 86.7. The molecule has 24 atom stereocenters. The summed E-state index contributed by atoms with van der Waals surface area (Å²) in [6, 6.07) is 10.9. The third kappa shape index (κ3) is 21.0. The van der Waals surface area contributed by atoms with Gasteiger partial charge in [0.25, 0.3) is 5.67 Å². The number of aryl methyl sites for hydroxylation is 2. The van der Waals surface area contributed by atoms with Gasteiger partial charge in [0.2, 0.25) is 0 Å². The van der Waals surface area contributed by atoms with Gasteiger partial charge in [-0.15, -0.1) is 0 Å². The number of cyclic esters (lactones) is 2. The van der Waals surface area contributed by atoms with Crippen LogP contribution in [-0.2, 0) is 87.4 Å². The van der Waals surface area contributed by atoms with E-state index in [0.29, 0.717) is 37.8 Å². The number of hydrogen-bond acceptors (Lipinski definition) is 26. The Bertz CT molecular complexity index is 4090. The molecule has 1 N–H and O–H groups in total. The van der Waals surface area contributed by atoms with Crippen LogP contribution in [0.5, 0.6) is 0 Å². The molecule has 9 rings (SSSR count). The number of Topliss-reactive ketones (excluding diaryl/α,β-unsaturated/α-hetero) is 4. The van der Waals surface area contributed by atoms with Crippen molar-refractivity contribution in [2.45, 2.75) is 296 Å². The standard InChI is InChI=1S/C45H68FN5O10.C42H59N3O11/c1-13-34-45(14-2)37(51(42(56)61-45)20-16-15-19-50-24-32(48-25-50)31-18-17-27(4)47-23-31)29(6)35(52)26(3)22-43(8,57-12)39(30(7)38(54)44(9,46)41(55)59-34)60-40-36(53)33(49(10)11)21-28(5)58-40;1-12-32-42(13-2,56-40(50)45-20-19-43-24-45)23-26(4)33(46)25(3)22-41(8,51-11)36(28(6)34(47)29(7)37(48)53-32)55-39-35(31(44(9)10)21-27(5)52-39)54-38(49)30-17-15-14-16-18-30/h17-18,23-26,28-30,33-34,36-37,39-40,53H,13-16,19-22H2,1-12H3;14-20,23-25,27-29,31-32,35-36,39H,12-13,21-22H2,1-11H3/b;26-23+/t26-,28-,29+,30+,33+,34-,36-,37-,39-,40?,43+,44+,45-;25-,27-,28+,29-,31+,32-,35-,36-,39?,41+,42+/m11/s1. The van der Waals surface area contributed by atoms with Crippen LogP contribution >= 0.6 is 0 Å². The molecule has 5 aliphatic rings. The minimum atomic E-state index is -3.18. The molecule has 4 fully saturated rings. The Labute approximate surface area is 688 Å². The number of ether oxygens (including phenoxy) is 11. The van der Waals surface area contributed by atoms with Crippen LogP contribution in [0.15, 0.2) is 91.6 Å². The Morgan fingerprint density at radius 2 is 1.29 bits per heavy atom. The van der Waals surface area contributed by atoms with E-state index >= 15 is 4.39 Å². The summed E-state index contributed by atoms with van der Waals surface area (Å²) < 4.78 is 88.7. The predicted molar refractivity (Wildman–Crippen MR) is 429 cm³/mol. The molecule has 29 nitrogen and oxygen atoms in total. The number of fused-ring (bicyclic) bond motifs is 1. The molecule has 4 aromatic rings. The van der Waals surface area contributed by atoms with E-state index < -0.39 is 160 Å². The van der Waals surface area contributed by atoms with Crippen molar-refractivity contribution in [3.05, 3.63) is 103 Å². The second kappa shape index (κ2) is 39.9. The molecular formula is C87H127FN8O21. The lowest BCUT2D eigenvalue weighted by molar-refractivity contribution is -0.295. The molecule has 0 bridgehead atoms. The summed E-state index contributed by atoms with van der Waals surface area (Å²) in [5.41, 5.74) is -5.84. The van der Waals surface area contributed by atoms with E-state index in [1.54, 1.807) is 130 Å². The molecule has 8 heterocycles. The third-order valence-electron chi connectivity index (χ3n) is 24.7. The second-order valence-corrected chi connectivity index (χ2v) is 33.7. The van der Waals surface area contributed by atoms with E-state index in [1.807, 2.05) is 81.7 Å². The Hall–Kier alpha value is -8.07. The summed E-state index contributed by atoms with van der Waals surface area (Å²) in [5, 5.41) is 11.4. The van der Waals surface area contributed by atoms with Gasteiger partial charge in [-0.05, 0) is 184 Å². The lowest BCUT2D eigenvalue weighted by Crippen LogP contribution is -2.62. The number of halogens is 1. The van der Waals surface area contributed by atoms with Crippen molar-refractivity contribution >= 4 is 53.2 Å². The van der Waals surface area contributed by atoms with Crippen LogP contribution in [-0.4, -0.2) is 254 Å². The number of methoxy groups -OCH3 is 2. The predicted octanol–water partition coefficient (Wildman–Crippen LogP) is 11.5. The number of amides is 1. The number of allylic oxidation sites excluding steroid dienone is 1. The van der Waals surface area contributed by atoms with Gasteiger partial charge in [0.15, 0.2) is 47.2 Å². The van der Waals surface area contributed by atoms with Crippen molar-refractivity contribution in [1.29, 1.82) is 0 Å². The number of carbonyl (C=O) groups excluding carboxylic acids is 9.